The summed E-state index contributed by atoms with van der Waals surface area (Å²) in [6, 6.07) is 11.9. The maximum atomic E-state index is 12.8. The van der Waals surface area contributed by atoms with E-state index in [-0.39, 0.29) is 17.9 Å². The average molecular weight is 711 g/mol. The van der Waals surface area contributed by atoms with Crippen molar-refractivity contribution in [2.24, 2.45) is 5.10 Å². The summed E-state index contributed by atoms with van der Waals surface area (Å²) in [7, 11) is 0. The number of nitrogens with zero attached hydrogens (tertiary/aromatic N) is 2. The molecule has 0 radical (unpaired) electrons. The monoisotopic (exact) mass is 711 g/mol. The van der Waals surface area contributed by atoms with Crippen LogP contribution in [0.2, 0.25) is 0 Å². The topological polar surface area (TPSA) is 114 Å². The Labute approximate surface area is 223 Å². The van der Waals surface area contributed by atoms with Crippen molar-refractivity contribution in [2.75, 3.05) is 5.43 Å². The van der Waals surface area contributed by atoms with E-state index in [0.717, 1.165) is 24.8 Å². The Kier molecular flexibility index (Phi) is 8.52. The van der Waals surface area contributed by atoms with Crippen molar-refractivity contribution in [2.45, 2.75) is 12.8 Å². The third kappa shape index (κ3) is 7.03. The molecule has 2 N–H and O–H groups in total. The van der Waals surface area contributed by atoms with Crippen LogP contribution < -0.4 is 10.2 Å². The number of nitro groups is 1. The van der Waals surface area contributed by atoms with Crippen LogP contribution in [0.15, 0.2) is 59.7 Å². The van der Waals surface area contributed by atoms with Crippen molar-refractivity contribution in [3.8, 4) is 5.75 Å². The van der Waals surface area contributed by atoms with E-state index in [1.165, 1.54) is 18.3 Å². The quantitative estimate of drug-likeness (QED) is 0.119. The molecule has 0 fully saturated rings. The van der Waals surface area contributed by atoms with Gasteiger partial charge in [0.25, 0.3) is 5.69 Å². The number of hydrogen-bond acceptors (Lipinski definition) is 6. The molecule has 0 saturated carbocycles. The van der Waals surface area contributed by atoms with E-state index in [4.69, 9.17) is 9.84 Å². The van der Waals surface area contributed by atoms with Crippen LogP contribution in [0.1, 0.15) is 27.0 Å². The predicted molar refractivity (Wildman–Crippen MR) is 139 cm³/mol. The Hall–Kier alpha value is -2.95. The van der Waals surface area contributed by atoms with Gasteiger partial charge in [-0.05, 0) is 92.7 Å². The van der Waals surface area contributed by atoms with Crippen LogP contribution in [0, 0.1) is 17.3 Å². The van der Waals surface area contributed by atoms with E-state index < -0.39 is 28.3 Å². The van der Waals surface area contributed by atoms with Gasteiger partial charge in [-0.1, -0.05) is 12.1 Å². The van der Waals surface area contributed by atoms with Gasteiger partial charge in [0.2, 0.25) is 0 Å². The van der Waals surface area contributed by atoms with Crippen molar-refractivity contribution >= 4 is 68.7 Å². The summed E-state index contributed by atoms with van der Waals surface area (Å²) in [6.45, 7) is 0.221. The maximum Gasteiger partial charge on any atom is 0.416 e. The van der Waals surface area contributed by atoms with E-state index in [0.29, 0.717) is 17.4 Å². The number of rotatable bonds is 8. The minimum absolute atomic E-state index is 0.178. The summed E-state index contributed by atoms with van der Waals surface area (Å²) in [6.07, 6.45) is -3.33. The Morgan fingerprint density at radius 1 is 1.11 bits per heavy atom. The maximum absolute atomic E-state index is 12.8. The SMILES string of the molecule is O=C(O)c1ccc(COc2c(I)cc(/C=N\Nc3ccc(C(F)(F)F)cc3[N+](=O)[O-])cc2I)cc1. The number of hydrogen-bond donors (Lipinski definition) is 2. The number of nitrogens with one attached hydrogen (secondary N) is 1. The van der Waals surface area contributed by atoms with Crippen molar-refractivity contribution in [1.82, 2.24) is 0 Å². The summed E-state index contributed by atoms with van der Waals surface area (Å²) in [5.74, 6) is -0.404. The van der Waals surface area contributed by atoms with Gasteiger partial charge < -0.3 is 9.84 Å². The van der Waals surface area contributed by atoms with Gasteiger partial charge in [-0.15, -0.1) is 0 Å². The number of anilines is 1. The third-order valence-electron chi connectivity index (χ3n) is 4.53. The summed E-state index contributed by atoms with van der Waals surface area (Å²) in [5, 5.41) is 24.1. The molecule has 0 aromatic heterocycles. The number of carboxylic acids is 1. The highest BCUT2D eigenvalue weighted by Crippen LogP contribution is 2.35. The highest BCUT2D eigenvalue weighted by atomic mass is 127. The van der Waals surface area contributed by atoms with Crippen LogP contribution >= 0.6 is 45.2 Å². The molecule has 3 aromatic carbocycles. The van der Waals surface area contributed by atoms with Gasteiger partial charge in [-0.2, -0.15) is 18.3 Å². The first-order valence-electron chi connectivity index (χ1n) is 9.54. The molecule has 0 spiro atoms. The number of alkyl halides is 3. The highest BCUT2D eigenvalue weighted by Gasteiger charge is 2.33. The fourth-order valence-corrected chi connectivity index (χ4v) is 4.95. The first-order valence-corrected chi connectivity index (χ1v) is 11.7. The Morgan fingerprint density at radius 3 is 2.29 bits per heavy atom. The standard InChI is InChI=1S/C22H14F3I2N3O5/c23-22(24,25)15-5-6-18(19(9-15)30(33)34)29-28-10-13-7-16(26)20(17(27)8-13)35-11-12-1-3-14(4-2-12)21(31)32/h1-10,29H,11H2,(H,31,32)/b28-10-. The van der Waals surface area contributed by atoms with Gasteiger partial charge in [0.05, 0.1) is 29.4 Å². The summed E-state index contributed by atoms with van der Waals surface area (Å²) in [4.78, 5) is 21.2. The van der Waals surface area contributed by atoms with Gasteiger partial charge >= 0.3 is 12.1 Å². The number of nitro benzene ring substituents is 1. The smallest absolute Gasteiger partial charge is 0.416 e. The zero-order valence-corrected chi connectivity index (χ0v) is 21.7. The van der Waals surface area contributed by atoms with E-state index in [2.05, 4.69) is 55.7 Å². The highest BCUT2D eigenvalue weighted by molar-refractivity contribution is 14.1. The number of carboxylic acid groups (broad SMARTS) is 1. The normalized spacial score (nSPS) is 11.5. The molecule has 0 amide bonds. The lowest BCUT2D eigenvalue weighted by Crippen LogP contribution is -2.06. The zero-order chi connectivity index (χ0) is 25.8. The fraction of sp³-hybridized carbons (Fsp3) is 0.0909. The molecule has 8 nitrogen and oxygen atoms in total. The van der Waals surface area contributed by atoms with Crippen LogP contribution in [0.3, 0.4) is 0 Å². The third-order valence-corrected chi connectivity index (χ3v) is 6.13. The molecule has 0 saturated heterocycles. The first-order chi connectivity index (χ1) is 16.5. The molecule has 13 heteroatoms. The molecular formula is C22H14F3I2N3O5. The van der Waals surface area contributed by atoms with Gasteiger partial charge in [-0.25, -0.2) is 4.79 Å². The second kappa shape index (κ2) is 11.2. The molecular weight excluding hydrogens is 697 g/mol. The van der Waals surface area contributed by atoms with E-state index in [1.807, 2.05) is 0 Å². The van der Waals surface area contributed by atoms with Crippen molar-refractivity contribution < 1.29 is 32.7 Å². The van der Waals surface area contributed by atoms with E-state index in [9.17, 15) is 28.1 Å². The molecule has 0 bridgehead atoms. The molecule has 35 heavy (non-hydrogen) atoms. The number of aromatic carboxylic acids is 1. The largest absolute Gasteiger partial charge is 0.487 e. The minimum Gasteiger partial charge on any atom is -0.487 e. The Bertz CT molecular complexity index is 1280. The van der Waals surface area contributed by atoms with Gasteiger partial charge in [-0.3, -0.25) is 15.5 Å². The Balaban J connectivity index is 1.71. The summed E-state index contributed by atoms with van der Waals surface area (Å²) < 4.78 is 45.9. The average Bonchev–Trinajstić information content (AvgIpc) is 2.78. The summed E-state index contributed by atoms with van der Waals surface area (Å²) in [5.41, 5.74) is 1.95. The predicted octanol–water partition coefficient (Wildman–Crippen LogP) is 6.55. The summed E-state index contributed by atoms with van der Waals surface area (Å²) >= 11 is 4.14. The minimum atomic E-state index is -4.70. The van der Waals surface area contributed by atoms with E-state index >= 15 is 0 Å². The van der Waals surface area contributed by atoms with Crippen LogP contribution in [-0.4, -0.2) is 22.2 Å². The lowest BCUT2D eigenvalue weighted by molar-refractivity contribution is -0.384. The molecule has 0 aliphatic rings. The molecule has 0 atom stereocenters. The first kappa shape index (κ1) is 26.7. The Morgan fingerprint density at radius 2 is 1.74 bits per heavy atom. The van der Waals surface area contributed by atoms with Gasteiger partial charge in [0, 0.05) is 6.07 Å². The van der Waals surface area contributed by atoms with Crippen LogP contribution in [0.5, 0.6) is 5.75 Å². The van der Waals surface area contributed by atoms with Gasteiger partial charge in [0.15, 0.2) is 0 Å². The van der Waals surface area contributed by atoms with Crippen LogP contribution in [0.4, 0.5) is 24.5 Å². The van der Waals surface area contributed by atoms with Crippen molar-refractivity contribution in [3.63, 3.8) is 0 Å². The molecule has 0 unspecified atom stereocenters. The molecule has 0 aliphatic heterocycles. The number of carbonyl (C=O) groups is 1. The fourth-order valence-electron chi connectivity index (χ4n) is 2.82. The lowest BCUT2D eigenvalue weighted by Gasteiger charge is -2.12. The second-order valence-electron chi connectivity index (χ2n) is 6.96. The molecule has 3 rings (SSSR count). The number of benzene rings is 3. The second-order valence-corrected chi connectivity index (χ2v) is 9.29. The van der Waals surface area contributed by atoms with E-state index in [1.54, 1.807) is 24.3 Å². The number of halogens is 5. The lowest BCUT2D eigenvalue weighted by atomic mass is 10.1. The van der Waals surface area contributed by atoms with Crippen molar-refractivity contribution in [1.29, 1.82) is 0 Å². The molecule has 3 aromatic rings. The number of ether oxygens (including phenoxy) is 1. The van der Waals surface area contributed by atoms with Crippen LogP contribution in [0.25, 0.3) is 0 Å². The zero-order valence-electron chi connectivity index (χ0n) is 17.3. The van der Waals surface area contributed by atoms with Crippen LogP contribution in [-0.2, 0) is 12.8 Å². The van der Waals surface area contributed by atoms with Crippen molar-refractivity contribution in [3.05, 3.63) is 94.1 Å². The molecule has 0 aliphatic carbocycles. The molecule has 182 valence electrons. The van der Waals surface area contributed by atoms with Gasteiger partial charge in [0.1, 0.15) is 18.0 Å². The number of hydrazone groups is 1. The molecule has 0 heterocycles.